The third-order valence-corrected chi connectivity index (χ3v) is 4.71. The molecule has 0 radical (unpaired) electrons. The maximum atomic E-state index is 12.7. The first-order valence-electron chi connectivity index (χ1n) is 9.53. The topological polar surface area (TPSA) is 132 Å². The number of hydrogen-bond donors (Lipinski definition) is 2. The number of ether oxygens (including phenoxy) is 1. The zero-order valence-electron chi connectivity index (χ0n) is 16.5. The molecule has 1 aromatic heterocycles. The molecule has 1 aliphatic rings. The molecule has 2 N–H and O–H groups in total. The Labute approximate surface area is 181 Å². The van der Waals surface area contributed by atoms with E-state index >= 15 is 0 Å². The summed E-state index contributed by atoms with van der Waals surface area (Å²) < 4.78 is 9.72. The predicted molar refractivity (Wildman–Crippen MR) is 110 cm³/mol. The van der Waals surface area contributed by atoms with E-state index in [4.69, 9.17) is 9.15 Å². The van der Waals surface area contributed by atoms with E-state index in [0.717, 1.165) is 0 Å². The second-order valence-corrected chi connectivity index (χ2v) is 6.83. The molecule has 0 unspecified atom stereocenters. The quantitative estimate of drug-likeness (QED) is 0.445. The summed E-state index contributed by atoms with van der Waals surface area (Å²) in [5.41, 5.74) is 1.36. The molecule has 0 atom stereocenters. The van der Waals surface area contributed by atoms with Gasteiger partial charge in [-0.25, -0.2) is 0 Å². The predicted octanol–water partition coefficient (Wildman–Crippen LogP) is 1.97. The van der Waals surface area contributed by atoms with Crippen molar-refractivity contribution in [2.45, 2.75) is 0 Å². The summed E-state index contributed by atoms with van der Waals surface area (Å²) in [7, 11) is 0. The van der Waals surface area contributed by atoms with E-state index in [1.807, 2.05) is 0 Å². The second-order valence-electron chi connectivity index (χ2n) is 6.83. The molecule has 2 amide bonds. The standard InChI is InChI=1S/C23H16N2O7/c26-19(12-32-20(27)11-24-23(30)18-6-3-9-31-18)25-13-7-8-16-17(10-13)22(29)15-5-2-1-4-14(15)21(16)28/h1-10H,11-12H2,(H,24,30)(H,25,26). The Morgan fingerprint density at radius 2 is 1.53 bits per heavy atom. The summed E-state index contributed by atoms with van der Waals surface area (Å²) >= 11 is 0. The second kappa shape index (κ2) is 8.68. The molecule has 32 heavy (non-hydrogen) atoms. The molecule has 0 aliphatic heterocycles. The van der Waals surface area contributed by atoms with Gasteiger partial charge in [-0.3, -0.25) is 24.0 Å². The minimum atomic E-state index is -0.817. The number of nitrogens with one attached hydrogen (secondary N) is 2. The van der Waals surface area contributed by atoms with E-state index in [-0.39, 0.29) is 34.1 Å². The van der Waals surface area contributed by atoms with Gasteiger partial charge in [0.2, 0.25) is 0 Å². The number of esters is 1. The Morgan fingerprint density at radius 1 is 0.844 bits per heavy atom. The van der Waals surface area contributed by atoms with Crippen LogP contribution in [-0.2, 0) is 14.3 Å². The largest absolute Gasteiger partial charge is 0.459 e. The van der Waals surface area contributed by atoms with E-state index < -0.39 is 30.9 Å². The summed E-state index contributed by atoms with van der Waals surface area (Å²) in [5.74, 6) is -2.60. The zero-order valence-corrected chi connectivity index (χ0v) is 16.5. The summed E-state index contributed by atoms with van der Waals surface area (Å²) in [5, 5.41) is 4.81. The molecule has 1 aliphatic carbocycles. The van der Waals surface area contributed by atoms with Gasteiger partial charge in [-0.05, 0) is 30.3 Å². The number of carbonyl (C=O) groups excluding carboxylic acids is 5. The lowest BCUT2D eigenvalue weighted by molar-refractivity contribution is -0.146. The summed E-state index contributed by atoms with van der Waals surface area (Å²) in [6.07, 6.45) is 1.32. The molecule has 4 rings (SSSR count). The number of furan rings is 1. The number of fused-ring (bicyclic) bond motifs is 2. The molecule has 0 saturated heterocycles. The first-order valence-corrected chi connectivity index (χ1v) is 9.53. The number of rotatable bonds is 6. The van der Waals surface area contributed by atoms with Crippen LogP contribution in [-0.4, -0.2) is 42.5 Å². The normalized spacial score (nSPS) is 11.9. The van der Waals surface area contributed by atoms with E-state index in [2.05, 4.69) is 10.6 Å². The third kappa shape index (κ3) is 4.17. The summed E-state index contributed by atoms with van der Waals surface area (Å²) in [4.78, 5) is 60.9. The fraction of sp³-hybridized carbons (Fsp3) is 0.0870. The van der Waals surface area contributed by atoms with E-state index in [1.165, 1.54) is 36.6 Å². The van der Waals surface area contributed by atoms with Crippen LogP contribution in [0.5, 0.6) is 0 Å². The first-order chi connectivity index (χ1) is 15.4. The molecule has 3 aromatic rings. The molecule has 9 nitrogen and oxygen atoms in total. The van der Waals surface area contributed by atoms with Gasteiger partial charge >= 0.3 is 5.97 Å². The van der Waals surface area contributed by atoms with Crippen molar-refractivity contribution in [3.05, 3.63) is 88.9 Å². The summed E-state index contributed by atoms with van der Waals surface area (Å²) in [6, 6.07) is 13.9. The van der Waals surface area contributed by atoms with Gasteiger partial charge in [0.1, 0.15) is 6.54 Å². The van der Waals surface area contributed by atoms with Crippen molar-refractivity contribution in [1.29, 1.82) is 0 Å². The minimum Gasteiger partial charge on any atom is -0.459 e. The Kier molecular flexibility index (Phi) is 5.63. The van der Waals surface area contributed by atoms with Gasteiger partial charge in [-0.1, -0.05) is 24.3 Å². The number of amides is 2. The molecule has 0 bridgehead atoms. The van der Waals surface area contributed by atoms with Crippen molar-refractivity contribution in [2.24, 2.45) is 0 Å². The molecule has 9 heteroatoms. The minimum absolute atomic E-state index is 0.0404. The van der Waals surface area contributed by atoms with Gasteiger partial charge in [0, 0.05) is 27.9 Å². The van der Waals surface area contributed by atoms with Crippen LogP contribution in [0.2, 0.25) is 0 Å². The lowest BCUT2D eigenvalue weighted by Crippen LogP contribution is -2.32. The number of hydrogen-bond acceptors (Lipinski definition) is 7. The van der Waals surface area contributed by atoms with Crippen LogP contribution in [0, 0.1) is 0 Å². The monoisotopic (exact) mass is 432 g/mol. The maximum Gasteiger partial charge on any atom is 0.325 e. The van der Waals surface area contributed by atoms with Crippen LogP contribution in [0.25, 0.3) is 0 Å². The van der Waals surface area contributed by atoms with Crippen LogP contribution >= 0.6 is 0 Å². The molecule has 160 valence electrons. The molecule has 0 fully saturated rings. The Balaban J connectivity index is 1.33. The van der Waals surface area contributed by atoms with Gasteiger partial charge in [0.15, 0.2) is 23.9 Å². The molecule has 0 spiro atoms. The van der Waals surface area contributed by atoms with Crippen molar-refractivity contribution in [1.82, 2.24) is 5.32 Å². The van der Waals surface area contributed by atoms with E-state index in [1.54, 1.807) is 24.3 Å². The zero-order chi connectivity index (χ0) is 22.7. The fourth-order valence-electron chi connectivity index (χ4n) is 3.22. The first kappa shape index (κ1) is 20.7. The molecule has 2 aromatic carbocycles. The highest BCUT2D eigenvalue weighted by atomic mass is 16.5. The lowest BCUT2D eigenvalue weighted by Gasteiger charge is -2.18. The fourth-order valence-corrected chi connectivity index (χ4v) is 3.22. The van der Waals surface area contributed by atoms with Crippen molar-refractivity contribution >= 4 is 35.0 Å². The highest BCUT2D eigenvalue weighted by Gasteiger charge is 2.29. The lowest BCUT2D eigenvalue weighted by atomic mass is 9.84. The van der Waals surface area contributed by atoms with Crippen LogP contribution < -0.4 is 10.6 Å². The van der Waals surface area contributed by atoms with Gasteiger partial charge < -0.3 is 19.8 Å². The Morgan fingerprint density at radius 3 is 2.22 bits per heavy atom. The van der Waals surface area contributed by atoms with Gasteiger partial charge in [0.05, 0.1) is 6.26 Å². The average molecular weight is 432 g/mol. The van der Waals surface area contributed by atoms with Crippen molar-refractivity contribution < 1.29 is 33.1 Å². The SMILES string of the molecule is O=C(COC(=O)CNC(=O)c1ccco1)Nc1ccc2c(c1)C(=O)c1ccccc1C2=O. The van der Waals surface area contributed by atoms with Gasteiger partial charge in [-0.2, -0.15) is 0 Å². The van der Waals surface area contributed by atoms with Crippen molar-refractivity contribution in [2.75, 3.05) is 18.5 Å². The number of anilines is 1. The van der Waals surface area contributed by atoms with Crippen LogP contribution in [0.1, 0.15) is 42.4 Å². The molecule has 0 saturated carbocycles. The van der Waals surface area contributed by atoms with Crippen LogP contribution in [0.4, 0.5) is 5.69 Å². The van der Waals surface area contributed by atoms with Crippen LogP contribution in [0.3, 0.4) is 0 Å². The van der Waals surface area contributed by atoms with Crippen LogP contribution in [0.15, 0.2) is 65.3 Å². The molecular formula is C23H16N2O7. The highest BCUT2D eigenvalue weighted by molar-refractivity contribution is 6.28. The van der Waals surface area contributed by atoms with E-state index in [9.17, 15) is 24.0 Å². The Hall–Kier alpha value is -4.53. The molecule has 1 heterocycles. The maximum absolute atomic E-state index is 12.7. The number of ketones is 2. The van der Waals surface area contributed by atoms with Crippen molar-refractivity contribution in [3.63, 3.8) is 0 Å². The smallest absolute Gasteiger partial charge is 0.325 e. The van der Waals surface area contributed by atoms with E-state index in [0.29, 0.717) is 11.1 Å². The van der Waals surface area contributed by atoms with Crippen molar-refractivity contribution in [3.8, 4) is 0 Å². The average Bonchev–Trinajstić information content (AvgIpc) is 3.35. The number of benzene rings is 2. The highest BCUT2D eigenvalue weighted by Crippen LogP contribution is 2.29. The van der Waals surface area contributed by atoms with Gasteiger partial charge in [-0.15, -0.1) is 0 Å². The molecular weight excluding hydrogens is 416 g/mol. The third-order valence-electron chi connectivity index (χ3n) is 4.71. The van der Waals surface area contributed by atoms with Gasteiger partial charge in [0.25, 0.3) is 11.8 Å². The number of carbonyl (C=O) groups is 5. The Bertz CT molecular complexity index is 1240. The summed E-state index contributed by atoms with van der Waals surface area (Å²) in [6.45, 7) is -1.04.